The van der Waals surface area contributed by atoms with Crippen LogP contribution in [0.2, 0.25) is 0 Å². The fraction of sp³-hybridized carbons (Fsp3) is 0.263. The second-order valence-electron chi connectivity index (χ2n) is 5.32. The van der Waals surface area contributed by atoms with Crippen LogP contribution in [0.3, 0.4) is 0 Å². The standard InChI is InChI=1S/C19H20INO2/c20-18-7-2-1-5-15(18)6-3-4-12-21-17-10-8-16(9-11-17)19-22-13-14-23-19/h1-11,18-19,21H,12-14H2/b4-3-,15-6-. The lowest BCUT2D eigenvalue weighted by atomic mass is 10.1. The van der Waals surface area contributed by atoms with Crippen molar-refractivity contribution in [2.24, 2.45) is 0 Å². The van der Waals surface area contributed by atoms with E-state index in [2.05, 4.69) is 82.6 Å². The van der Waals surface area contributed by atoms with Crippen molar-refractivity contribution >= 4 is 28.3 Å². The van der Waals surface area contributed by atoms with Crippen molar-refractivity contribution in [3.05, 3.63) is 77.9 Å². The van der Waals surface area contributed by atoms with Crippen molar-refractivity contribution in [3.63, 3.8) is 0 Å². The predicted octanol–water partition coefficient (Wildman–Crippen LogP) is 4.56. The Balaban J connectivity index is 1.47. The Hall–Kier alpha value is -1.37. The first kappa shape index (κ1) is 16.5. The van der Waals surface area contributed by atoms with Gasteiger partial charge in [0.1, 0.15) is 0 Å². The van der Waals surface area contributed by atoms with Gasteiger partial charge in [0.2, 0.25) is 0 Å². The SMILES string of the molecule is IC1C=CC=C/C1=C/C=C\CNc1ccc(C2OCCO2)cc1. The molecule has 0 aromatic heterocycles. The maximum Gasteiger partial charge on any atom is 0.184 e. The fourth-order valence-corrected chi connectivity index (χ4v) is 3.07. The van der Waals surface area contributed by atoms with Gasteiger partial charge in [0.05, 0.1) is 17.1 Å². The number of alkyl halides is 1. The molecule has 1 heterocycles. The molecule has 1 fully saturated rings. The summed E-state index contributed by atoms with van der Waals surface area (Å²) in [4.78, 5) is 0. The number of hydrogen-bond acceptors (Lipinski definition) is 3. The fourth-order valence-electron chi connectivity index (χ4n) is 2.41. The molecule has 23 heavy (non-hydrogen) atoms. The Morgan fingerprint density at radius 2 is 1.91 bits per heavy atom. The van der Waals surface area contributed by atoms with Gasteiger partial charge in [0, 0.05) is 17.8 Å². The van der Waals surface area contributed by atoms with E-state index in [1.54, 1.807) is 0 Å². The van der Waals surface area contributed by atoms with Crippen molar-refractivity contribution in [2.75, 3.05) is 25.1 Å². The molecule has 120 valence electrons. The van der Waals surface area contributed by atoms with Gasteiger partial charge in [0.25, 0.3) is 0 Å². The van der Waals surface area contributed by atoms with Crippen LogP contribution in [-0.2, 0) is 9.47 Å². The number of halogens is 1. The third kappa shape index (κ3) is 4.80. The normalized spacial score (nSPS) is 23.2. The predicted molar refractivity (Wildman–Crippen MR) is 103 cm³/mol. The molecule has 1 atom stereocenters. The van der Waals surface area contributed by atoms with Gasteiger partial charge in [-0.1, -0.05) is 77.3 Å². The molecule has 0 bridgehead atoms. The van der Waals surface area contributed by atoms with Gasteiger partial charge in [-0.05, 0) is 17.7 Å². The lowest BCUT2D eigenvalue weighted by Gasteiger charge is -2.10. The van der Waals surface area contributed by atoms with Crippen molar-refractivity contribution in [1.82, 2.24) is 0 Å². The van der Waals surface area contributed by atoms with E-state index in [0.717, 1.165) is 17.8 Å². The minimum Gasteiger partial charge on any atom is -0.382 e. The maximum atomic E-state index is 5.49. The Kier molecular flexibility index (Phi) is 6.07. The third-order valence-corrected chi connectivity index (χ3v) is 4.79. The molecule has 4 heteroatoms. The van der Waals surface area contributed by atoms with E-state index < -0.39 is 0 Å². The van der Waals surface area contributed by atoms with Crippen LogP contribution in [0.1, 0.15) is 11.9 Å². The van der Waals surface area contributed by atoms with Crippen molar-refractivity contribution in [2.45, 2.75) is 10.2 Å². The molecule has 1 unspecified atom stereocenters. The van der Waals surface area contributed by atoms with E-state index in [0.29, 0.717) is 17.1 Å². The number of hydrogen-bond donors (Lipinski definition) is 1. The summed E-state index contributed by atoms with van der Waals surface area (Å²) in [6.07, 6.45) is 14.7. The van der Waals surface area contributed by atoms with Crippen LogP contribution in [0.25, 0.3) is 0 Å². The number of allylic oxidation sites excluding steroid dienone is 7. The van der Waals surface area contributed by atoms with Crippen LogP contribution in [0.4, 0.5) is 5.69 Å². The average molecular weight is 421 g/mol. The molecule has 1 aromatic rings. The lowest BCUT2D eigenvalue weighted by Crippen LogP contribution is -2.01. The zero-order valence-corrected chi connectivity index (χ0v) is 15.0. The molecule has 0 radical (unpaired) electrons. The minimum absolute atomic E-state index is 0.200. The summed E-state index contributed by atoms with van der Waals surface area (Å²) in [6, 6.07) is 8.21. The molecule has 1 N–H and O–H groups in total. The quantitative estimate of drug-likeness (QED) is 0.559. The van der Waals surface area contributed by atoms with E-state index >= 15 is 0 Å². The first-order chi connectivity index (χ1) is 11.3. The van der Waals surface area contributed by atoms with E-state index in [-0.39, 0.29) is 6.29 Å². The second-order valence-corrected chi connectivity index (χ2v) is 6.66. The summed E-state index contributed by atoms with van der Waals surface area (Å²) < 4.78 is 11.4. The van der Waals surface area contributed by atoms with Gasteiger partial charge in [-0.25, -0.2) is 0 Å². The molecule has 0 spiro atoms. The number of ether oxygens (including phenoxy) is 2. The third-order valence-electron chi connectivity index (χ3n) is 3.65. The number of benzene rings is 1. The molecular weight excluding hydrogens is 401 g/mol. The van der Waals surface area contributed by atoms with Gasteiger partial charge in [-0.3, -0.25) is 0 Å². The smallest absolute Gasteiger partial charge is 0.184 e. The highest BCUT2D eigenvalue weighted by molar-refractivity contribution is 14.1. The van der Waals surface area contributed by atoms with Gasteiger partial charge in [0.15, 0.2) is 6.29 Å². The molecule has 1 aromatic carbocycles. The second kappa shape index (κ2) is 8.47. The van der Waals surface area contributed by atoms with Crippen molar-refractivity contribution in [1.29, 1.82) is 0 Å². The van der Waals surface area contributed by atoms with E-state index in [4.69, 9.17) is 9.47 Å². The molecule has 1 aliphatic heterocycles. The molecular formula is C19H20INO2. The van der Waals surface area contributed by atoms with Crippen LogP contribution in [-0.4, -0.2) is 23.7 Å². The topological polar surface area (TPSA) is 30.5 Å². The first-order valence-electron chi connectivity index (χ1n) is 7.75. The van der Waals surface area contributed by atoms with E-state index in [1.165, 1.54) is 5.57 Å². The van der Waals surface area contributed by atoms with Crippen LogP contribution in [0, 0.1) is 0 Å². The molecule has 1 saturated heterocycles. The highest BCUT2D eigenvalue weighted by atomic mass is 127. The van der Waals surface area contributed by atoms with Crippen LogP contribution in [0.15, 0.2) is 72.4 Å². The Labute approximate surface area is 150 Å². The van der Waals surface area contributed by atoms with Crippen molar-refractivity contribution < 1.29 is 9.47 Å². The number of rotatable bonds is 5. The zero-order valence-electron chi connectivity index (χ0n) is 12.8. The monoisotopic (exact) mass is 421 g/mol. The Bertz CT molecular complexity index is 625. The summed E-state index contributed by atoms with van der Waals surface area (Å²) in [5, 5.41) is 3.38. The highest BCUT2D eigenvalue weighted by Crippen LogP contribution is 2.24. The van der Waals surface area contributed by atoms with Crippen LogP contribution >= 0.6 is 22.6 Å². The maximum absolute atomic E-state index is 5.49. The van der Waals surface area contributed by atoms with Crippen molar-refractivity contribution in [3.8, 4) is 0 Å². The number of nitrogens with one attached hydrogen (secondary N) is 1. The van der Waals surface area contributed by atoms with Crippen LogP contribution < -0.4 is 5.32 Å². The Morgan fingerprint density at radius 1 is 1.13 bits per heavy atom. The minimum atomic E-state index is -0.200. The Morgan fingerprint density at radius 3 is 2.65 bits per heavy atom. The van der Waals surface area contributed by atoms with Gasteiger partial charge in [-0.15, -0.1) is 0 Å². The molecule has 1 aliphatic carbocycles. The first-order valence-corrected chi connectivity index (χ1v) is 9.00. The molecule has 2 aliphatic rings. The summed E-state index contributed by atoms with van der Waals surface area (Å²) in [5.74, 6) is 0. The summed E-state index contributed by atoms with van der Waals surface area (Å²) in [5.41, 5.74) is 3.49. The van der Waals surface area contributed by atoms with E-state index in [1.807, 2.05) is 12.1 Å². The van der Waals surface area contributed by atoms with Gasteiger partial charge in [-0.2, -0.15) is 0 Å². The molecule has 0 amide bonds. The average Bonchev–Trinajstić information content (AvgIpc) is 3.11. The molecule has 3 rings (SSSR count). The highest BCUT2D eigenvalue weighted by Gasteiger charge is 2.17. The lowest BCUT2D eigenvalue weighted by molar-refractivity contribution is -0.0441. The van der Waals surface area contributed by atoms with Gasteiger partial charge >= 0.3 is 0 Å². The number of anilines is 1. The zero-order chi connectivity index (χ0) is 15.9. The van der Waals surface area contributed by atoms with Gasteiger partial charge < -0.3 is 14.8 Å². The summed E-state index contributed by atoms with van der Waals surface area (Å²) in [7, 11) is 0. The molecule has 0 saturated carbocycles. The van der Waals surface area contributed by atoms with Crippen LogP contribution in [0.5, 0.6) is 0 Å². The largest absolute Gasteiger partial charge is 0.382 e. The summed E-state index contributed by atoms with van der Waals surface area (Å²) in [6.45, 7) is 2.15. The van der Waals surface area contributed by atoms with E-state index in [9.17, 15) is 0 Å². The molecule has 3 nitrogen and oxygen atoms in total. The summed E-state index contributed by atoms with van der Waals surface area (Å²) >= 11 is 2.43.